The second-order valence-corrected chi connectivity index (χ2v) is 3.98. The summed E-state index contributed by atoms with van der Waals surface area (Å²) in [5.74, 6) is -0.488. The largest absolute Gasteiger partial charge is 0.489 e. The molecule has 0 aromatic carbocycles. The van der Waals surface area contributed by atoms with E-state index in [0.29, 0.717) is 10.2 Å². The third-order valence-corrected chi connectivity index (χ3v) is 2.45. The Morgan fingerprint density at radius 3 is 2.93 bits per heavy atom. The van der Waals surface area contributed by atoms with E-state index in [1.165, 1.54) is 12.3 Å². The maximum absolute atomic E-state index is 10.6. The molecule has 1 heterocycles. The predicted molar refractivity (Wildman–Crippen MR) is 52.5 cm³/mol. The van der Waals surface area contributed by atoms with Crippen LogP contribution in [-0.2, 0) is 0 Å². The molecule has 1 aliphatic carbocycles. The first-order chi connectivity index (χ1) is 6.66. The van der Waals surface area contributed by atoms with Crippen molar-refractivity contribution >= 4 is 21.9 Å². The molecule has 0 radical (unpaired) electrons. The Hall–Kier alpha value is -1.10. The molecule has 0 bridgehead atoms. The van der Waals surface area contributed by atoms with Crippen LogP contribution in [0.25, 0.3) is 0 Å². The summed E-state index contributed by atoms with van der Waals surface area (Å²) in [6.07, 6.45) is 3.77. The highest BCUT2D eigenvalue weighted by molar-refractivity contribution is 9.10. The number of halogens is 1. The summed E-state index contributed by atoms with van der Waals surface area (Å²) in [5.41, 5.74) is 0.00356. The number of hydrogen-bond acceptors (Lipinski definition) is 3. The topological polar surface area (TPSA) is 59.4 Å². The standard InChI is InChI=1S/C9H8BrNO3/c10-6-4-11-7(9(12)13)3-8(6)14-5-1-2-5/h3-5H,1-2H2,(H,12,13). The van der Waals surface area contributed by atoms with Crippen molar-refractivity contribution in [2.24, 2.45) is 0 Å². The van der Waals surface area contributed by atoms with Crippen molar-refractivity contribution in [1.82, 2.24) is 4.98 Å². The summed E-state index contributed by atoms with van der Waals surface area (Å²) in [6, 6.07) is 1.44. The van der Waals surface area contributed by atoms with Crippen LogP contribution in [0.15, 0.2) is 16.7 Å². The highest BCUT2D eigenvalue weighted by Gasteiger charge is 2.24. The van der Waals surface area contributed by atoms with E-state index in [9.17, 15) is 4.79 Å². The van der Waals surface area contributed by atoms with Gasteiger partial charge in [-0.3, -0.25) is 0 Å². The van der Waals surface area contributed by atoms with Crippen LogP contribution >= 0.6 is 15.9 Å². The number of carbonyl (C=O) groups is 1. The van der Waals surface area contributed by atoms with Gasteiger partial charge in [-0.05, 0) is 28.8 Å². The third-order valence-electron chi connectivity index (χ3n) is 1.86. The lowest BCUT2D eigenvalue weighted by atomic mass is 10.3. The normalized spacial score (nSPS) is 15.2. The van der Waals surface area contributed by atoms with Crippen molar-refractivity contribution in [3.05, 3.63) is 22.4 Å². The molecule has 4 nitrogen and oxygen atoms in total. The lowest BCUT2D eigenvalue weighted by Crippen LogP contribution is -2.03. The molecule has 1 fully saturated rings. The van der Waals surface area contributed by atoms with Gasteiger partial charge in [0, 0.05) is 12.3 Å². The van der Waals surface area contributed by atoms with Crippen LogP contribution in [0.5, 0.6) is 5.75 Å². The minimum atomic E-state index is -1.04. The molecule has 0 aliphatic heterocycles. The Balaban J connectivity index is 2.26. The quantitative estimate of drug-likeness (QED) is 0.901. The fourth-order valence-corrected chi connectivity index (χ4v) is 1.30. The van der Waals surface area contributed by atoms with E-state index in [1.54, 1.807) is 0 Å². The van der Waals surface area contributed by atoms with Crippen LogP contribution in [-0.4, -0.2) is 22.2 Å². The first-order valence-electron chi connectivity index (χ1n) is 4.22. The van der Waals surface area contributed by atoms with Crippen molar-refractivity contribution in [3.8, 4) is 5.75 Å². The molecule has 0 amide bonds. The van der Waals surface area contributed by atoms with Gasteiger partial charge in [-0.1, -0.05) is 0 Å². The molecule has 0 unspecified atom stereocenters. The minimum Gasteiger partial charge on any atom is -0.489 e. The van der Waals surface area contributed by atoms with Crippen molar-refractivity contribution in [3.63, 3.8) is 0 Å². The lowest BCUT2D eigenvalue weighted by molar-refractivity contribution is 0.0689. The maximum atomic E-state index is 10.6. The van der Waals surface area contributed by atoms with Crippen molar-refractivity contribution in [2.45, 2.75) is 18.9 Å². The molecule has 1 saturated carbocycles. The van der Waals surface area contributed by atoms with Gasteiger partial charge in [-0.25, -0.2) is 9.78 Å². The molecule has 5 heteroatoms. The smallest absolute Gasteiger partial charge is 0.354 e. The zero-order valence-corrected chi connectivity index (χ0v) is 8.82. The second kappa shape index (κ2) is 3.57. The number of carboxylic acids is 1. The SMILES string of the molecule is O=C(O)c1cc(OC2CC2)c(Br)cn1. The predicted octanol–water partition coefficient (Wildman–Crippen LogP) is 2.08. The molecule has 1 aromatic heterocycles. The van der Waals surface area contributed by atoms with Gasteiger partial charge >= 0.3 is 5.97 Å². The molecule has 1 aromatic rings. The number of rotatable bonds is 3. The van der Waals surface area contributed by atoms with E-state index < -0.39 is 5.97 Å². The van der Waals surface area contributed by atoms with Crippen LogP contribution in [0.1, 0.15) is 23.3 Å². The maximum Gasteiger partial charge on any atom is 0.354 e. The van der Waals surface area contributed by atoms with Crippen LogP contribution in [0.3, 0.4) is 0 Å². The average Bonchev–Trinajstić information content (AvgIpc) is 2.92. The Bertz CT molecular complexity index is 376. The molecule has 1 N–H and O–H groups in total. The number of nitrogens with zero attached hydrogens (tertiary/aromatic N) is 1. The molecule has 0 spiro atoms. The fourth-order valence-electron chi connectivity index (χ4n) is 0.993. The molecule has 14 heavy (non-hydrogen) atoms. The van der Waals surface area contributed by atoms with Gasteiger partial charge in [-0.2, -0.15) is 0 Å². The van der Waals surface area contributed by atoms with Crippen LogP contribution in [0, 0.1) is 0 Å². The van der Waals surface area contributed by atoms with Crippen LogP contribution in [0.2, 0.25) is 0 Å². The Morgan fingerprint density at radius 2 is 2.36 bits per heavy atom. The minimum absolute atomic E-state index is 0.00356. The van der Waals surface area contributed by atoms with Gasteiger partial charge in [0.25, 0.3) is 0 Å². The van der Waals surface area contributed by atoms with Gasteiger partial charge in [0.2, 0.25) is 0 Å². The second-order valence-electron chi connectivity index (χ2n) is 3.12. The van der Waals surface area contributed by atoms with Gasteiger partial charge in [0.05, 0.1) is 10.6 Å². The molecular weight excluding hydrogens is 250 g/mol. The molecule has 0 atom stereocenters. The van der Waals surface area contributed by atoms with Crippen molar-refractivity contribution in [2.75, 3.05) is 0 Å². The average molecular weight is 258 g/mol. The number of carboxylic acid groups (broad SMARTS) is 1. The fraction of sp³-hybridized carbons (Fsp3) is 0.333. The number of ether oxygens (including phenoxy) is 1. The molecule has 1 aliphatic rings. The van der Waals surface area contributed by atoms with E-state index in [1.807, 2.05) is 0 Å². The highest BCUT2D eigenvalue weighted by atomic mass is 79.9. The van der Waals surface area contributed by atoms with Gasteiger partial charge in [-0.15, -0.1) is 0 Å². The number of aromatic carboxylic acids is 1. The van der Waals surface area contributed by atoms with E-state index >= 15 is 0 Å². The summed E-state index contributed by atoms with van der Waals surface area (Å²) in [7, 11) is 0. The van der Waals surface area contributed by atoms with E-state index in [4.69, 9.17) is 9.84 Å². The first kappa shape index (κ1) is 9.45. The van der Waals surface area contributed by atoms with E-state index in [2.05, 4.69) is 20.9 Å². The molecular formula is C9H8BrNO3. The van der Waals surface area contributed by atoms with Gasteiger partial charge in [0.1, 0.15) is 5.75 Å². The Labute approximate surface area is 89.0 Å². The third kappa shape index (κ3) is 2.04. The number of pyridine rings is 1. The molecule has 0 saturated heterocycles. The van der Waals surface area contributed by atoms with Crippen LogP contribution in [0.4, 0.5) is 0 Å². The number of hydrogen-bond donors (Lipinski definition) is 1. The highest BCUT2D eigenvalue weighted by Crippen LogP contribution is 2.31. The summed E-state index contributed by atoms with van der Waals surface area (Å²) < 4.78 is 6.19. The summed E-state index contributed by atoms with van der Waals surface area (Å²) in [5, 5.41) is 8.72. The van der Waals surface area contributed by atoms with Crippen molar-refractivity contribution < 1.29 is 14.6 Å². The molecule has 74 valence electrons. The van der Waals surface area contributed by atoms with Crippen LogP contribution < -0.4 is 4.74 Å². The van der Waals surface area contributed by atoms with Gasteiger partial charge in [0.15, 0.2) is 5.69 Å². The van der Waals surface area contributed by atoms with Gasteiger partial charge < -0.3 is 9.84 Å². The lowest BCUT2D eigenvalue weighted by Gasteiger charge is -2.06. The summed E-state index contributed by atoms with van der Waals surface area (Å²) in [6.45, 7) is 0. The zero-order valence-electron chi connectivity index (χ0n) is 7.24. The monoisotopic (exact) mass is 257 g/mol. The Morgan fingerprint density at radius 1 is 1.64 bits per heavy atom. The Kier molecular flexibility index (Phi) is 2.41. The first-order valence-corrected chi connectivity index (χ1v) is 5.01. The zero-order chi connectivity index (χ0) is 10.1. The number of aromatic nitrogens is 1. The van der Waals surface area contributed by atoms with E-state index in [-0.39, 0.29) is 11.8 Å². The molecule has 2 rings (SSSR count). The summed E-state index contributed by atoms with van der Waals surface area (Å²) in [4.78, 5) is 14.4. The van der Waals surface area contributed by atoms with Crippen molar-refractivity contribution in [1.29, 1.82) is 0 Å². The summed E-state index contributed by atoms with van der Waals surface area (Å²) >= 11 is 3.26. The van der Waals surface area contributed by atoms with E-state index in [0.717, 1.165) is 12.8 Å².